The molecule has 0 bridgehead atoms. The summed E-state index contributed by atoms with van der Waals surface area (Å²) in [5.74, 6) is 6.16. The standard InChI is InChI=1S/C14H9ClFN2/c15-13-10-12(7-8-14(13)16)18-17-9-3-6-11-4-1-2-5-11/h1-2,4-5,7-10,18H/b17-9+. The minimum absolute atomic E-state index is 0.0538. The van der Waals surface area contributed by atoms with Crippen LogP contribution in [-0.4, -0.2) is 6.21 Å². The van der Waals surface area contributed by atoms with Crippen LogP contribution >= 0.6 is 11.6 Å². The van der Waals surface area contributed by atoms with E-state index in [0.29, 0.717) is 5.69 Å². The fraction of sp³-hybridized carbons (Fsp3) is 0. The molecule has 2 rings (SSSR count). The van der Waals surface area contributed by atoms with E-state index in [0.717, 1.165) is 5.92 Å². The number of hydrogen-bond acceptors (Lipinski definition) is 2. The van der Waals surface area contributed by atoms with E-state index < -0.39 is 5.82 Å². The molecule has 2 nitrogen and oxygen atoms in total. The van der Waals surface area contributed by atoms with Crippen molar-refractivity contribution in [1.29, 1.82) is 0 Å². The number of hydrogen-bond donors (Lipinski definition) is 1. The minimum atomic E-state index is -0.456. The number of rotatable bonds is 2. The molecule has 0 aliphatic heterocycles. The number of nitrogens with zero attached hydrogens (tertiary/aromatic N) is 1. The Morgan fingerprint density at radius 1 is 1.28 bits per heavy atom. The molecule has 0 saturated heterocycles. The topological polar surface area (TPSA) is 24.4 Å². The Morgan fingerprint density at radius 3 is 2.78 bits per heavy atom. The molecule has 0 unspecified atom stereocenters. The molecular weight excluding hydrogens is 251 g/mol. The highest BCUT2D eigenvalue weighted by molar-refractivity contribution is 6.31. The Bertz CT molecular complexity index is 496. The second-order valence-corrected chi connectivity index (χ2v) is 3.85. The van der Waals surface area contributed by atoms with Crippen LogP contribution in [0.1, 0.15) is 0 Å². The third-order valence-corrected chi connectivity index (χ3v) is 2.41. The maximum atomic E-state index is 12.9. The molecule has 1 N–H and O–H groups in total. The van der Waals surface area contributed by atoms with Gasteiger partial charge in [0.2, 0.25) is 0 Å². The zero-order valence-electron chi connectivity index (χ0n) is 9.32. The van der Waals surface area contributed by atoms with E-state index in [1.165, 1.54) is 18.3 Å². The van der Waals surface area contributed by atoms with E-state index >= 15 is 0 Å². The van der Waals surface area contributed by atoms with Gasteiger partial charge in [0.05, 0.1) is 22.8 Å². The van der Waals surface area contributed by atoms with Gasteiger partial charge in [-0.1, -0.05) is 23.4 Å². The minimum Gasteiger partial charge on any atom is -0.278 e. The van der Waals surface area contributed by atoms with Crippen LogP contribution in [0.25, 0.3) is 0 Å². The van der Waals surface area contributed by atoms with Crippen LogP contribution in [0.5, 0.6) is 0 Å². The molecule has 1 fully saturated rings. The second kappa shape index (κ2) is 6.42. The summed E-state index contributed by atoms with van der Waals surface area (Å²) in [7, 11) is 0. The van der Waals surface area contributed by atoms with Crippen LogP contribution in [0.2, 0.25) is 5.02 Å². The van der Waals surface area contributed by atoms with Crippen LogP contribution < -0.4 is 5.43 Å². The largest absolute Gasteiger partial charge is 0.278 e. The lowest BCUT2D eigenvalue weighted by Gasteiger charge is -2.00. The summed E-state index contributed by atoms with van der Waals surface area (Å²) in [5.41, 5.74) is 3.31. The van der Waals surface area contributed by atoms with Crippen molar-refractivity contribution in [2.24, 2.45) is 5.10 Å². The summed E-state index contributed by atoms with van der Waals surface area (Å²) in [5, 5.41) is 3.94. The molecule has 0 atom stereocenters. The van der Waals surface area contributed by atoms with Crippen molar-refractivity contribution in [2.45, 2.75) is 0 Å². The third-order valence-electron chi connectivity index (χ3n) is 2.12. The first kappa shape index (κ1) is 12.9. The first-order valence-corrected chi connectivity index (χ1v) is 5.59. The highest BCUT2D eigenvalue weighted by Crippen LogP contribution is 2.21. The van der Waals surface area contributed by atoms with Crippen LogP contribution in [0.15, 0.2) is 23.3 Å². The lowest BCUT2D eigenvalue weighted by Crippen LogP contribution is -1.90. The predicted molar refractivity (Wildman–Crippen MR) is 71.7 cm³/mol. The predicted octanol–water partition coefficient (Wildman–Crippen LogP) is 3.29. The smallest absolute Gasteiger partial charge is 0.141 e. The molecule has 18 heavy (non-hydrogen) atoms. The lowest BCUT2D eigenvalue weighted by atomic mass is 10.1. The third kappa shape index (κ3) is 3.75. The lowest BCUT2D eigenvalue weighted by molar-refractivity contribution is 0.628. The van der Waals surface area contributed by atoms with E-state index in [-0.39, 0.29) is 5.02 Å². The van der Waals surface area contributed by atoms with Crippen molar-refractivity contribution in [3.8, 4) is 11.8 Å². The number of benzene rings is 1. The summed E-state index contributed by atoms with van der Waals surface area (Å²) in [6, 6.07) is 4.28. The zero-order chi connectivity index (χ0) is 12.8. The van der Waals surface area contributed by atoms with Crippen molar-refractivity contribution >= 4 is 23.5 Å². The first-order chi connectivity index (χ1) is 8.75. The summed E-state index contributed by atoms with van der Waals surface area (Å²) < 4.78 is 12.9. The molecule has 1 saturated carbocycles. The Kier molecular flexibility index (Phi) is 4.60. The summed E-state index contributed by atoms with van der Waals surface area (Å²) >= 11 is 5.63. The van der Waals surface area contributed by atoms with E-state index in [4.69, 9.17) is 11.6 Å². The summed E-state index contributed by atoms with van der Waals surface area (Å²) in [4.78, 5) is 0. The molecule has 89 valence electrons. The van der Waals surface area contributed by atoms with Crippen LogP contribution in [0.4, 0.5) is 10.1 Å². The van der Waals surface area contributed by atoms with E-state index in [9.17, 15) is 4.39 Å². The number of nitrogens with one attached hydrogen (secondary N) is 1. The normalized spacial score (nSPS) is 15.7. The van der Waals surface area contributed by atoms with Gasteiger partial charge in [0, 0.05) is 0 Å². The Hall–Kier alpha value is -1.53. The Morgan fingerprint density at radius 2 is 2.06 bits per heavy atom. The van der Waals surface area contributed by atoms with Gasteiger partial charge in [-0.25, -0.2) is 4.39 Å². The molecule has 4 heteroatoms. The SMILES string of the molecule is Fc1ccc(N/N=C/C#C[C]2[CH][CH][CH][CH]2)cc1Cl. The van der Waals surface area contributed by atoms with E-state index in [1.54, 1.807) is 6.07 Å². The number of halogens is 2. The molecule has 0 heterocycles. The Labute approximate surface area is 111 Å². The highest BCUT2D eigenvalue weighted by atomic mass is 35.5. The molecule has 0 spiro atoms. The molecule has 0 aromatic heterocycles. The molecule has 1 aliphatic rings. The number of anilines is 1. The van der Waals surface area contributed by atoms with E-state index in [2.05, 4.69) is 22.4 Å². The van der Waals surface area contributed by atoms with Gasteiger partial charge < -0.3 is 0 Å². The van der Waals surface area contributed by atoms with Crippen molar-refractivity contribution in [3.63, 3.8) is 0 Å². The van der Waals surface area contributed by atoms with Crippen LogP contribution in [0.3, 0.4) is 0 Å². The van der Waals surface area contributed by atoms with Gasteiger partial charge in [-0.05, 0) is 43.9 Å². The van der Waals surface area contributed by atoms with Gasteiger partial charge in [-0.3, -0.25) is 5.43 Å². The average Bonchev–Trinajstić information content (AvgIpc) is 2.86. The van der Waals surface area contributed by atoms with Gasteiger partial charge in [0.25, 0.3) is 0 Å². The molecule has 5 radical (unpaired) electrons. The van der Waals surface area contributed by atoms with Crippen molar-refractivity contribution < 1.29 is 4.39 Å². The molecule has 1 aromatic rings. The molecule has 0 amide bonds. The van der Waals surface area contributed by atoms with Gasteiger partial charge in [-0.15, -0.1) is 0 Å². The monoisotopic (exact) mass is 259 g/mol. The second-order valence-electron chi connectivity index (χ2n) is 3.44. The van der Waals surface area contributed by atoms with Crippen molar-refractivity contribution in [2.75, 3.05) is 5.43 Å². The fourth-order valence-electron chi connectivity index (χ4n) is 1.28. The maximum Gasteiger partial charge on any atom is 0.141 e. The fourth-order valence-corrected chi connectivity index (χ4v) is 1.46. The van der Waals surface area contributed by atoms with Crippen molar-refractivity contribution in [1.82, 2.24) is 0 Å². The van der Waals surface area contributed by atoms with Crippen LogP contribution in [-0.2, 0) is 0 Å². The van der Waals surface area contributed by atoms with Gasteiger partial charge in [-0.2, -0.15) is 5.10 Å². The quantitative estimate of drug-likeness (QED) is 0.492. The number of hydrazone groups is 1. The summed E-state index contributed by atoms with van der Waals surface area (Å²) in [6.07, 6.45) is 9.09. The Balaban J connectivity index is 1.84. The zero-order valence-corrected chi connectivity index (χ0v) is 10.1. The molecule has 1 aromatic carbocycles. The first-order valence-electron chi connectivity index (χ1n) is 5.21. The molecular formula is C14H9ClFN2. The van der Waals surface area contributed by atoms with Crippen LogP contribution in [0, 0.1) is 49.3 Å². The molecule has 1 aliphatic carbocycles. The van der Waals surface area contributed by atoms with E-state index in [1.807, 2.05) is 25.7 Å². The van der Waals surface area contributed by atoms with Gasteiger partial charge in [0.15, 0.2) is 0 Å². The average molecular weight is 260 g/mol. The highest BCUT2D eigenvalue weighted by Gasteiger charge is 2.13. The van der Waals surface area contributed by atoms with Crippen molar-refractivity contribution in [3.05, 3.63) is 60.6 Å². The summed E-state index contributed by atoms with van der Waals surface area (Å²) in [6.45, 7) is 0. The van der Waals surface area contributed by atoms with Gasteiger partial charge in [0.1, 0.15) is 5.82 Å². The maximum absolute atomic E-state index is 12.9. The van der Waals surface area contributed by atoms with Gasteiger partial charge >= 0.3 is 0 Å².